The SMILES string of the molecule is NCC(F)(F)C(F)F. The first kappa shape index (κ1) is 7.68. The van der Waals surface area contributed by atoms with E-state index in [4.69, 9.17) is 0 Å². The van der Waals surface area contributed by atoms with E-state index in [0.717, 1.165) is 0 Å². The predicted molar refractivity (Wildman–Crippen MR) is 20.0 cm³/mol. The molecule has 0 rings (SSSR count). The molecule has 8 heavy (non-hydrogen) atoms. The number of nitrogens with two attached hydrogens (primary N) is 1. The quantitative estimate of drug-likeness (QED) is 0.552. The summed E-state index contributed by atoms with van der Waals surface area (Å²) in [6.45, 7) is -1.30. The Morgan fingerprint density at radius 2 is 1.75 bits per heavy atom. The maximum Gasteiger partial charge on any atom is 0.319 e. The molecule has 0 aliphatic heterocycles. The number of rotatable bonds is 2. The van der Waals surface area contributed by atoms with E-state index < -0.39 is 18.9 Å². The highest BCUT2D eigenvalue weighted by molar-refractivity contribution is 4.68. The van der Waals surface area contributed by atoms with Crippen molar-refractivity contribution in [3.8, 4) is 0 Å². The minimum atomic E-state index is -4.01. The minimum Gasteiger partial charge on any atom is -0.325 e. The fourth-order valence-electron chi connectivity index (χ4n) is 0.0891. The summed E-state index contributed by atoms with van der Waals surface area (Å²) in [5, 5.41) is 0. The van der Waals surface area contributed by atoms with Crippen molar-refractivity contribution in [2.24, 2.45) is 5.73 Å². The van der Waals surface area contributed by atoms with Gasteiger partial charge in [0.05, 0.1) is 6.54 Å². The van der Waals surface area contributed by atoms with Gasteiger partial charge in [0.1, 0.15) is 0 Å². The largest absolute Gasteiger partial charge is 0.325 e. The molecule has 5 heteroatoms. The molecule has 0 aliphatic rings. The van der Waals surface area contributed by atoms with Crippen molar-refractivity contribution in [2.75, 3.05) is 6.54 Å². The van der Waals surface area contributed by atoms with Crippen molar-refractivity contribution >= 4 is 0 Å². The van der Waals surface area contributed by atoms with E-state index >= 15 is 0 Å². The highest BCUT2D eigenvalue weighted by Crippen LogP contribution is 2.20. The van der Waals surface area contributed by atoms with Crippen molar-refractivity contribution in [2.45, 2.75) is 12.3 Å². The van der Waals surface area contributed by atoms with Crippen molar-refractivity contribution < 1.29 is 17.6 Å². The van der Waals surface area contributed by atoms with Crippen LogP contribution in [0.25, 0.3) is 0 Å². The van der Waals surface area contributed by atoms with Crippen LogP contribution in [-0.4, -0.2) is 18.9 Å². The molecule has 0 spiro atoms. The zero-order chi connectivity index (χ0) is 6.78. The Balaban J connectivity index is 3.71. The third-order valence-corrected chi connectivity index (χ3v) is 0.591. The molecular weight excluding hydrogens is 126 g/mol. The van der Waals surface area contributed by atoms with E-state index in [9.17, 15) is 17.6 Å². The van der Waals surface area contributed by atoms with E-state index in [0.29, 0.717) is 0 Å². The monoisotopic (exact) mass is 131 g/mol. The molecule has 0 saturated heterocycles. The summed E-state index contributed by atoms with van der Waals surface area (Å²) in [6.07, 6.45) is -3.65. The van der Waals surface area contributed by atoms with E-state index in [-0.39, 0.29) is 0 Å². The predicted octanol–water partition coefficient (Wildman–Crippen LogP) is 0.846. The van der Waals surface area contributed by atoms with Crippen LogP contribution in [0.5, 0.6) is 0 Å². The molecule has 2 N–H and O–H groups in total. The summed E-state index contributed by atoms with van der Waals surface area (Å²) in [7, 11) is 0. The fraction of sp³-hybridized carbons (Fsp3) is 1.00. The third kappa shape index (κ3) is 1.65. The van der Waals surface area contributed by atoms with E-state index in [1.165, 1.54) is 0 Å². The molecule has 0 saturated carbocycles. The van der Waals surface area contributed by atoms with Gasteiger partial charge in [0, 0.05) is 0 Å². The average Bonchev–Trinajstić information content (AvgIpc) is 1.67. The molecule has 0 radical (unpaired) electrons. The molecule has 0 aromatic rings. The van der Waals surface area contributed by atoms with E-state index in [1.807, 2.05) is 0 Å². The second-order valence-electron chi connectivity index (χ2n) is 1.27. The number of alkyl halides is 4. The second-order valence-corrected chi connectivity index (χ2v) is 1.27. The molecule has 0 fully saturated rings. The lowest BCUT2D eigenvalue weighted by molar-refractivity contribution is -0.120. The van der Waals surface area contributed by atoms with Crippen LogP contribution in [0.4, 0.5) is 17.6 Å². The first-order chi connectivity index (χ1) is 3.50. The van der Waals surface area contributed by atoms with Crippen LogP contribution in [0.2, 0.25) is 0 Å². The van der Waals surface area contributed by atoms with Crippen LogP contribution in [0, 0.1) is 0 Å². The topological polar surface area (TPSA) is 26.0 Å². The summed E-state index contributed by atoms with van der Waals surface area (Å²) >= 11 is 0. The fourth-order valence-corrected chi connectivity index (χ4v) is 0.0891. The Bertz CT molecular complexity index is 71.7. The maximum absolute atomic E-state index is 11.4. The van der Waals surface area contributed by atoms with Crippen LogP contribution < -0.4 is 5.73 Å². The van der Waals surface area contributed by atoms with Gasteiger partial charge in [-0.1, -0.05) is 0 Å². The molecule has 0 aromatic carbocycles. The molecule has 0 aromatic heterocycles. The Kier molecular flexibility index (Phi) is 2.21. The molecule has 0 heterocycles. The summed E-state index contributed by atoms with van der Waals surface area (Å²) in [6, 6.07) is 0. The highest BCUT2D eigenvalue weighted by atomic mass is 19.3. The number of hydrogen-bond acceptors (Lipinski definition) is 1. The summed E-state index contributed by atoms with van der Waals surface area (Å²) in [4.78, 5) is 0. The second kappa shape index (κ2) is 2.30. The van der Waals surface area contributed by atoms with E-state index in [2.05, 4.69) is 5.73 Å². The zero-order valence-corrected chi connectivity index (χ0v) is 3.87. The van der Waals surface area contributed by atoms with Crippen LogP contribution in [0.1, 0.15) is 0 Å². The van der Waals surface area contributed by atoms with Crippen LogP contribution in [0.15, 0.2) is 0 Å². The molecule has 0 unspecified atom stereocenters. The smallest absolute Gasteiger partial charge is 0.319 e. The molecule has 1 nitrogen and oxygen atoms in total. The Morgan fingerprint density at radius 3 is 1.75 bits per heavy atom. The van der Waals surface area contributed by atoms with Gasteiger partial charge < -0.3 is 5.73 Å². The standard InChI is InChI=1S/C3H5F4N/c4-2(5)3(6,7)1-8/h2H,1,8H2. The van der Waals surface area contributed by atoms with Gasteiger partial charge in [0.25, 0.3) is 0 Å². The van der Waals surface area contributed by atoms with Crippen LogP contribution >= 0.6 is 0 Å². The molecule has 0 amide bonds. The van der Waals surface area contributed by atoms with Gasteiger partial charge in [-0.05, 0) is 0 Å². The normalized spacial score (nSPS) is 12.8. The van der Waals surface area contributed by atoms with Crippen LogP contribution in [0.3, 0.4) is 0 Å². The molecule has 50 valence electrons. The molecule has 0 atom stereocenters. The third-order valence-electron chi connectivity index (χ3n) is 0.591. The number of hydrogen-bond donors (Lipinski definition) is 1. The Morgan fingerprint density at radius 1 is 1.38 bits per heavy atom. The number of halogens is 4. The van der Waals surface area contributed by atoms with Crippen molar-refractivity contribution in [3.05, 3.63) is 0 Å². The lowest BCUT2D eigenvalue weighted by atomic mass is 10.4. The first-order valence-corrected chi connectivity index (χ1v) is 1.86. The maximum atomic E-state index is 11.4. The summed E-state index contributed by atoms with van der Waals surface area (Å²) in [5.41, 5.74) is 4.28. The van der Waals surface area contributed by atoms with Gasteiger partial charge in [-0.15, -0.1) is 0 Å². The highest BCUT2D eigenvalue weighted by Gasteiger charge is 2.38. The van der Waals surface area contributed by atoms with Gasteiger partial charge in [-0.3, -0.25) is 0 Å². The van der Waals surface area contributed by atoms with Gasteiger partial charge in [-0.25, -0.2) is 8.78 Å². The lowest BCUT2D eigenvalue weighted by Gasteiger charge is -2.10. The summed E-state index contributed by atoms with van der Waals surface area (Å²) < 4.78 is 44.8. The van der Waals surface area contributed by atoms with Gasteiger partial charge in [0.2, 0.25) is 0 Å². The van der Waals surface area contributed by atoms with Gasteiger partial charge in [-0.2, -0.15) is 8.78 Å². The van der Waals surface area contributed by atoms with Crippen molar-refractivity contribution in [1.82, 2.24) is 0 Å². The van der Waals surface area contributed by atoms with Crippen molar-refractivity contribution in [3.63, 3.8) is 0 Å². The zero-order valence-electron chi connectivity index (χ0n) is 3.87. The molecule has 0 bridgehead atoms. The lowest BCUT2D eigenvalue weighted by Crippen LogP contribution is -2.35. The molecular formula is C3H5F4N. The minimum absolute atomic E-state index is 1.30. The van der Waals surface area contributed by atoms with Gasteiger partial charge in [0.15, 0.2) is 0 Å². The first-order valence-electron chi connectivity index (χ1n) is 1.86. The van der Waals surface area contributed by atoms with Gasteiger partial charge >= 0.3 is 12.3 Å². The average molecular weight is 131 g/mol. The Hall–Kier alpha value is -0.320. The van der Waals surface area contributed by atoms with Crippen LogP contribution in [-0.2, 0) is 0 Å². The van der Waals surface area contributed by atoms with E-state index in [1.54, 1.807) is 0 Å². The summed E-state index contributed by atoms with van der Waals surface area (Å²) in [5.74, 6) is -4.01. The Labute approximate surface area is 43.5 Å². The molecule has 0 aliphatic carbocycles. The van der Waals surface area contributed by atoms with Crippen molar-refractivity contribution in [1.29, 1.82) is 0 Å².